The molecule has 0 aliphatic heterocycles. The van der Waals surface area contributed by atoms with Crippen LogP contribution in [0.2, 0.25) is 0 Å². The maximum absolute atomic E-state index is 11.1. The van der Waals surface area contributed by atoms with Gasteiger partial charge in [-0.2, -0.15) is 0 Å². The van der Waals surface area contributed by atoms with E-state index in [4.69, 9.17) is 10.8 Å². The first-order valence-corrected chi connectivity index (χ1v) is 4.77. The molecule has 1 aromatic heterocycles. The van der Waals surface area contributed by atoms with E-state index < -0.39 is 5.97 Å². The van der Waals surface area contributed by atoms with Crippen molar-refractivity contribution in [1.29, 1.82) is 0 Å². The molecule has 0 atom stereocenters. The van der Waals surface area contributed by atoms with Crippen molar-refractivity contribution < 1.29 is 9.90 Å². The number of H-pyrrole nitrogens is 1. The minimum Gasteiger partial charge on any atom is -0.478 e. The summed E-state index contributed by atoms with van der Waals surface area (Å²) in [6, 6.07) is 7.36. The van der Waals surface area contributed by atoms with Crippen molar-refractivity contribution in [3.8, 4) is 0 Å². The molecule has 0 spiro atoms. The zero-order chi connectivity index (χ0) is 10.8. The van der Waals surface area contributed by atoms with E-state index in [0.29, 0.717) is 24.2 Å². The van der Waals surface area contributed by atoms with E-state index in [1.807, 2.05) is 18.2 Å². The van der Waals surface area contributed by atoms with Crippen LogP contribution in [0, 0.1) is 0 Å². The van der Waals surface area contributed by atoms with E-state index in [0.717, 1.165) is 10.9 Å². The van der Waals surface area contributed by atoms with Crippen molar-refractivity contribution in [3.63, 3.8) is 0 Å². The maximum Gasteiger partial charge on any atom is 0.338 e. The zero-order valence-electron chi connectivity index (χ0n) is 8.16. The van der Waals surface area contributed by atoms with Crippen molar-refractivity contribution >= 4 is 16.9 Å². The summed E-state index contributed by atoms with van der Waals surface area (Å²) in [5.74, 6) is -0.907. The molecule has 4 N–H and O–H groups in total. The predicted octanol–water partition coefficient (Wildman–Crippen LogP) is 1.37. The van der Waals surface area contributed by atoms with Gasteiger partial charge in [-0.25, -0.2) is 4.79 Å². The summed E-state index contributed by atoms with van der Waals surface area (Å²) in [6.45, 7) is 0.438. The van der Waals surface area contributed by atoms with E-state index in [9.17, 15) is 4.79 Å². The monoisotopic (exact) mass is 204 g/mol. The number of para-hydroxylation sites is 1. The molecule has 1 heterocycles. The third-order valence-electron chi connectivity index (χ3n) is 2.39. The maximum atomic E-state index is 11.1. The first kappa shape index (κ1) is 9.73. The van der Waals surface area contributed by atoms with Gasteiger partial charge in [0.2, 0.25) is 0 Å². The number of aromatic amines is 1. The number of hydrogen-bond donors (Lipinski definition) is 3. The van der Waals surface area contributed by atoms with Crippen molar-refractivity contribution in [2.75, 3.05) is 6.54 Å². The van der Waals surface area contributed by atoms with E-state index in [1.54, 1.807) is 6.07 Å². The van der Waals surface area contributed by atoms with Crippen LogP contribution in [0.5, 0.6) is 0 Å². The predicted molar refractivity (Wildman–Crippen MR) is 58.0 cm³/mol. The lowest BCUT2D eigenvalue weighted by Gasteiger charge is -1.96. The van der Waals surface area contributed by atoms with Crippen LogP contribution >= 0.6 is 0 Å². The average molecular weight is 204 g/mol. The molecular weight excluding hydrogens is 192 g/mol. The van der Waals surface area contributed by atoms with Crippen LogP contribution in [0.15, 0.2) is 24.3 Å². The highest BCUT2D eigenvalue weighted by atomic mass is 16.4. The van der Waals surface area contributed by atoms with Gasteiger partial charge in [0.1, 0.15) is 0 Å². The third kappa shape index (κ3) is 1.59. The van der Waals surface area contributed by atoms with Gasteiger partial charge in [-0.15, -0.1) is 0 Å². The summed E-state index contributed by atoms with van der Waals surface area (Å²) in [7, 11) is 0. The van der Waals surface area contributed by atoms with Crippen LogP contribution in [-0.2, 0) is 6.42 Å². The summed E-state index contributed by atoms with van der Waals surface area (Å²) in [6.07, 6.45) is 0.552. The highest BCUT2D eigenvalue weighted by molar-refractivity contribution is 6.04. The molecule has 4 nitrogen and oxygen atoms in total. The Morgan fingerprint density at radius 1 is 1.40 bits per heavy atom. The highest BCUT2D eigenvalue weighted by Gasteiger charge is 2.16. The Bertz CT molecular complexity index is 502. The summed E-state index contributed by atoms with van der Waals surface area (Å²) in [4.78, 5) is 14.2. The molecule has 0 amide bonds. The minimum absolute atomic E-state index is 0.344. The van der Waals surface area contributed by atoms with Crippen molar-refractivity contribution in [1.82, 2.24) is 4.98 Å². The Morgan fingerprint density at radius 3 is 2.80 bits per heavy atom. The molecular formula is C11H12N2O2. The van der Waals surface area contributed by atoms with Crippen molar-refractivity contribution in [2.45, 2.75) is 6.42 Å². The lowest BCUT2D eigenvalue weighted by molar-refractivity contribution is 0.0698. The number of hydrogen-bond acceptors (Lipinski definition) is 2. The van der Waals surface area contributed by atoms with Crippen LogP contribution in [0.1, 0.15) is 16.1 Å². The standard InChI is InChI=1S/C11H12N2O2/c12-6-5-9-10(11(14)15)7-3-1-2-4-8(7)13-9/h1-4,13H,5-6,12H2,(H,14,15). The molecule has 0 saturated carbocycles. The molecule has 0 bridgehead atoms. The quantitative estimate of drug-likeness (QED) is 0.706. The number of carboxylic acid groups (broad SMARTS) is 1. The Hall–Kier alpha value is -1.81. The molecule has 0 saturated heterocycles. The Morgan fingerprint density at radius 2 is 2.13 bits per heavy atom. The number of nitrogens with two attached hydrogens (primary N) is 1. The van der Waals surface area contributed by atoms with Gasteiger partial charge < -0.3 is 15.8 Å². The third-order valence-corrected chi connectivity index (χ3v) is 2.39. The van der Waals surface area contributed by atoms with Crippen molar-refractivity contribution in [2.24, 2.45) is 5.73 Å². The topological polar surface area (TPSA) is 79.1 Å². The summed E-state index contributed by atoms with van der Waals surface area (Å²) < 4.78 is 0. The number of fused-ring (bicyclic) bond motifs is 1. The van der Waals surface area contributed by atoms with Gasteiger partial charge in [-0.05, 0) is 12.6 Å². The summed E-state index contributed by atoms with van der Waals surface area (Å²) in [5, 5.41) is 9.86. The molecule has 0 unspecified atom stereocenters. The molecule has 78 valence electrons. The Labute approximate surface area is 86.7 Å². The summed E-state index contributed by atoms with van der Waals surface area (Å²) >= 11 is 0. The van der Waals surface area contributed by atoms with Gasteiger partial charge in [0, 0.05) is 23.0 Å². The number of benzene rings is 1. The molecule has 15 heavy (non-hydrogen) atoms. The summed E-state index contributed by atoms with van der Waals surface area (Å²) in [5.41, 5.74) is 7.33. The molecule has 0 aliphatic rings. The molecule has 1 aromatic carbocycles. The van der Waals surface area contributed by atoms with Gasteiger partial charge in [-0.3, -0.25) is 0 Å². The molecule has 0 radical (unpaired) electrons. The van der Waals surface area contributed by atoms with Gasteiger partial charge in [0.25, 0.3) is 0 Å². The fourth-order valence-corrected chi connectivity index (χ4v) is 1.77. The first-order valence-electron chi connectivity index (χ1n) is 4.77. The number of rotatable bonds is 3. The van der Waals surface area contributed by atoms with Crippen LogP contribution in [0.25, 0.3) is 10.9 Å². The molecule has 0 aliphatic carbocycles. The Balaban J connectivity index is 2.69. The minimum atomic E-state index is -0.907. The fraction of sp³-hybridized carbons (Fsp3) is 0.182. The lowest BCUT2D eigenvalue weighted by atomic mass is 10.1. The van der Waals surface area contributed by atoms with Gasteiger partial charge in [0.05, 0.1) is 5.56 Å². The van der Waals surface area contributed by atoms with Gasteiger partial charge in [0.15, 0.2) is 0 Å². The van der Waals surface area contributed by atoms with E-state index in [-0.39, 0.29) is 0 Å². The fourth-order valence-electron chi connectivity index (χ4n) is 1.77. The van der Waals surface area contributed by atoms with Crippen LogP contribution < -0.4 is 5.73 Å². The van der Waals surface area contributed by atoms with Crippen LogP contribution in [-0.4, -0.2) is 22.6 Å². The highest BCUT2D eigenvalue weighted by Crippen LogP contribution is 2.22. The molecule has 2 aromatic rings. The number of aromatic nitrogens is 1. The zero-order valence-corrected chi connectivity index (χ0v) is 8.16. The largest absolute Gasteiger partial charge is 0.478 e. The van der Waals surface area contributed by atoms with E-state index in [2.05, 4.69) is 4.98 Å². The van der Waals surface area contributed by atoms with Gasteiger partial charge >= 0.3 is 5.97 Å². The van der Waals surface area contributed by atoms with Gasteiger partial charge in [-0.1, -0.05) is 18.2 Å². The van der Waals surface area contributed by atoms with E-state index >= 15 is 0 Å². The van der Waals surface area contributed by atoms with Crippen molar-refractivity contribution in [3.05, 3.63) is 35.5 Å². The number of carbonyl (C=O) groups is 1. The second kappa shape index (κ2) is 3.74. The molecule has 0 fully saturated rings. The molecule has 2 rings (SSSR count). The normalized spacial score (nSPS) is 10.7. The second-order valence-corrected chi connectivity index (χ2v) is 3.37. The smallest absolute Gasteiger partial charge is 0.338 e. The number of aromatic carboxylic acids is 1. The van der Waals surface area contributed by atoms with Crippen LogP contribution in [0.4, 0.5) is 0 Å². The van der Waals surface area contributed by atoms with Crippen LogP contribution in [0.3, 0.4) is 0 Å². The number of nitrogens with one attached hydrogen (secondary N) is 1. The average Bonchev–Trinajstić information content (AvgIpc) is 2.56. The second-order valence-electron chi connectivity index (χ2n) is 3.37. The van der Waals surface area contributed by atoms with E-state index in [1.165, 1.54) is 0 Å². The number of carboxylic acids is 1. The first-order chi connectivity index (χ1) is 7.24. The molecule has 4 heteroatoms. The Kier molecular flexibility index (Phi) is 2.43. The SMILES string of the molecule is NCCc1[nH]c2ccccc2c1C(=O)O. The lowest BCUT2D eigenvalue weighted by Crippen LogP contribution is -2.07.